The molecule has 1 fully saturated rings. The summed E-state index contributed by atoms with van der Waals surface area (Å²) in [7, 11) is 0. The Morgan fingerprint density at radius 1 is 1.40 bits per heavy atom. The number of aliphatic hydroxyl groups excluding tert-OH is 1. The Hall–Kier alpha value is -1.39. The number of fused-ring (bicyclic) bond motifs is 1. The third kappa shape index (κ3) is 2.13. The van der Waals surface area contributed by atoms with Gasteiger partial charge in [-0.05, 0) is 31.2 Å². The third-order valence-electron chi connectivity index (χ3n) is 4.09. The van der Waals surface area contributed by atoms with E-state index in [-0.39, 0.29) is 0 Å². The number of hydrogen-bond acceptors (Lipinski definition) is 4. The van der Waals surface area contributed by atoms with Crippen LogP contribution in [0.3, 0.4) is 0 Å². The van der Waals surface area contributed by atoms with Gasteiger partial charge in [0, 0.05) is 35.9 Å². The van der Waals surface area contributed by atoms with Gasteiger partial charge < -0.3 is 10.0 Å². The molecule has 0 spiro atoms. The molecule has 3 heterocycles. The average molecular weight is 292 g/mol. The normalized spacial score (nSPS) is 20.0. The maximum Gasteiger partial charge on any atom is 0.138 e. The molecule has 3 rings (SSSR count). The molecule has 1 N–H and O–H groups in total. The molecule has 1 aliphatic rings. The van der Waals surface area contributed by atoms with Gasteiger partial charge in [0.1, 0.15) is 11.0 Å². The first kappa shape index (κ1) is 13.6. The van der Waals surface area contributed by atoms with E-state index in [1.165, 1.54) is 6.42 Å². The van der Waals surface area contributed by atoms with Crippen molar-refractivity contribution in [1.82, 2.24) is 9.97 Å². The first-order valence-electron chi connectivity index (χ1n) is 7.00. The number of aromatic nitrogens is 2. The SMILES string of the molecule is CCC(O)c1cnc(N2CC[C@@H]2C)c2cnc(Cl)cc12. The van der Waals surface area contributed by atoms with Crippen molar-refractivity contribution in [3.63, 3.8) is 0 Å². The fraction of sp³-hybridized carbons (Fsp3) is 0.467. The number of anilines is 1. The Morgan fingerprint density at radius 3 is 2.80 bits per heavy atom. The minimum Gasteiger partial charge on any atom is -0.388 e. The predicted octanol–water partition coefficient (Wildman–Crippen LogP) is 3.33. The number of rotatable bonds is 3. The second kappa shape index (κ2) is 5.19. The lowest BCUT2D eigenvalue weighted by Crippen LogP contribution is -2.46. The van der Waals surface area contributed by atoms with E-state index >= 15 is 0 Å². The highest BCUT2D eigenvalue weighted by atomic mass is 35.5. The maximum atomic E-state index is 10.2. The van der Waals surface area contributed by atoms with E-state index in [4.69, 9.17) is 11.6 Å². The lowest BCUT2D eigenvalue weighted by Gasteiger charge is -2.40. The average Bonchev–Trinajstić information content (AvgIpc) is 2.44. The van der Waals surface area contributed by atoms with Gasteiger partial charge in [-0.3, -0.25) is 0 Å². The molecule has 0 amide bonds. The van der Waals surface area contributed by atoms with E-state index in [0.29, 0.717) is 17.6 Å². The summed E-state index contributed by atoms with van der Waals surface area (Å²) in [5.74, 6) is 0.940. The van der Waals surface area contributed by atoms with Gasteiger partial charge in [0.05, 0.1) is 6.10 Å². The molecule has 0 radical (unpaired) electrons. The highest BCUT2D eigenvalue weighted by Crippen LogP contribution is 2.35. The third-order valence-corrected chi connectivity index (χ3v) is 4.29. The van der Waals surface area contributed by atoms with Crippen molar-refractivity contribution < 1.29 is 5.11 Å². The van der Waals surface area contributed by atoms with E-state index in [2.05, 4.69) is 21.8 Å². The second-order valence-corrected chi connectivity index (χ2v) is 5.73. The number of pyridine rings is 2. The van der Waals surface area contributed by atoms with Crippen molar-refractivity contribution >= 4 is 28.2 Å². The van der Waals surface area contributed by atoms with Crippen LogP contribution in [0.15, 0.2) is 18.5 Å². The van der Waals surface area contributed by atoms with Gasteiger partial charge in [0.2, 0.25) is 0 Å². The zero-order chi connectivity index (χ0) is 14.3. The summed E-state index contributed by atoms with van der Waals surface area (Å²) in [6, 6.07) is 2.32. The van der Waals surface area contributed by atoms with Crippen LogP contribution in [0.25, 0.3) is 10.8 Å². The van der Waals surface area contributed by atoms with Crippen LogP contribution in [0.2, 0.25) is 5.15 Å². The molecule has 0 bridgehead atoms. The topological polar surface area (TPSA) is 49.3 Å². The highest BCUT2D eigenvalue weighted by Gasteiger charge is 2.27. The van der Waals surface area contributed by atoms with Crippen LogP contribution in [0, 0.1) is 0 Å². The smallest absolute Gasteiger partial charge is 0.138 e. The molecule has 0 aromatic carbocycles. The molecule has 2 atom stereocenters. The number of nitrogens with zero attached hydrogens (tertiary/aromatic N) is 3. The van der Waals surface area contributed by atoms with Gasteiger partial charge in [-0.1, -0.05) is 18.5 Å². The molecule has 20 heavy (non-hydrogen) atoms. The quantitative estimate of drug-likeness (QED) is 0.881. The minimum atomic E-state index is -0.522. The number of aliphatic hydroxyl groups is 1. The summed E-state index contributed by atoms with van der Waals surface area (Å²) in [4.78, 5) is 11.0. The minimum absolute atomic E-state index is 0.441. The van der Waals surface area contributed by atoms with E-state index in [1.54, 1.807) is 12.4 Å². The van der Waals surface area contributed by atoms with Gasteiger partial charge in [0.25, 0.3) is 0 Å². The largest absolute Gasteiger partial charge is 0.388 e. The molecule has 5 heteroatoms. The Labute approximate surface area is 123 Å². The lowest BCUT2D eigenvalue weighted by atomic mass is 10.00. The predicted molar refractivity (Wildman–Crippen MR) is 81.2 cm³/mol. The van der Waals surface area contributed by atoms with Gasteiger partial charge >= 0.3 is 0 Å². The molecule has 1 saturated heterocycles. The highest BCUT2D eigenvalue weighted by molar-refractivity contribution is 6.30. The summed E-state index contributed by atoms with van der Waals surface area (Å²) < 4.78 is 0. The fourth-order valence-corrected chi connectivity index (χ4v) is 2.82. The summed E-state index contributed by atoms with van der Waals surface area (Å²) >= 11 is 6.02. The molecule has 0 aliphatic carbocycles. The van der Waals surface area contributed by atoms with Crippen molar-refractivity contribution in [3.05, 3.63) is 29.2 Å². The zero-order valence-corrected chi connectivity index (χ0v) is 12.4. The number of halogens is 1. The summed E-state index contributed by atoms with van der Waals surface area (Å²) in [5, 5.41) is 12.5. The van der Waals surface area contributed by atoms with Crippen molar-refractivity contribution in [2.24, 2.45) is 0 Å². The van der Waals surface area contributed by atoms with Gasteiger partial charge in [-0.15, -0.1) is 0 Å². The van der Waals surface area contributed by atoms with Gasteiger partial charge in [-0.25, -0.2) is 9.97 Å². The van der Waals surface area contributed by atoms with Crippen LogP contribution >= 0.6 is 11.6 Å². The first-order chi connectivity index (χ1) is 9.61. The van der Waals surface area contributed by atoms with Crippen LogP contribution in [0.4, 0.5) is 5.82 Å². The van der Waals surface area contributed by atoms with Crippen molar-refractivity contribution in [1.29, 1.82) is 0 Å². The summed E-state index contributed by atoms with van der Waals surface area (Å²) in [5.41, 5.74) is 0.823. The molecular weight excluding hydrogens is 274 g/mol. The Balaban J connectivity index is 2.20. The molecule has 106 valence electrons. The Kier molecular flexibility index (Phi) is 3.52. The molecule has 1 aliphatic heterocycles. The first-order valence-corrected chi connectivity index (χ1v) is 7.38. The van der Waals surface area contributed by atoms with Crippen molar-refractivity contribution in [2.45, 2.75) is 38.8 Å². The molecule has 4 nitrogen and oxygen atoms in total. The lowest BCUT2D eigenvalue weighted by molar-refractivity contribution is 0.175. The molecule has 2 aromatic heterocycles. The number of hydrogen-bond donors (Lipinski definition) is 1. The summed E-state index contributed by atoms with van der Waals surface area (Å²) in [6.45, 7) is 5.15. The molecule has 0 saturated carbocycles. The Morgan fingerprint density at radius 2 is 2.20 bits per heavy atom. The Bertz CT molecular complexity index is 646. The maximum absolute atomic E-state index is 10.2. The van der Waals surface area contributed by atoms with Crippen molar-refractivity contribution in [3.8, 4) is 0 Å². The van der Waals surface area contributed by atoms with Crippen LogP contribution in [-0.4, -0.2) is 27.7 Å². The van der Waals surface area contributed by atoms with E-state index in [0.717, 1.165) is 28.7 Å². The van der Waals surface area contributed by atoms with Crippen LogP contribution in [0.5, 0.6) is 0 Å². The van der Waals surface area contributed by atoms with Crippen LogP contribution < -0.4 is 4.90 Å². The zero-order valence-electron chi connectivity index (χ0n) is 11.7. The van der Waals surface area contributed by atoms with E-state index in [9.17, 15) is 5.11 Å². The van der Waals surface area contributed by atoms with Gasteiger partial charge in [-0.2, -0.15) is 0 Å². The van der Waals surface area contributed by atoms with Gasteiger partial charge in [0.15, 0.2) is 0 Å². The molecule has 2 aromatic rings. The van der Waals surface area contributed by atoms with E-state index in [1.807, 2.05) is 13.0 Å². The van der Waals surface area contributed by atoms with Crippen molar-refractivity contribution in [2.75, 3.05) is 11.4 Å². The molecule has 1 unspecified atom stereocenters. The standard InChI is InChI=1S/C15H18ClN3O/c1-3-13(20)11-7-18-15(19-5-4-9(19)2)12-8-17-14(16)6-10(11)12/h6-9,13,20H,3-5H2,1-2H3/t9-,13?/m0/s1. The van der Waals surface area contributed by atoms with Crippen LogP contribution in [-0.2, 0) is 0 Å². The van der Waals surface area contributed by atoms with Crippen LogP contribution in [0.1, 0.15) is 38.4 Å². The monoisotopic (exact) mass is 291 g/mol. The second-order valence-electron chi connectivity index (χ2n) is 5.34. The fourth-order valence-electron chi connectivity index (χ4n) is 2.66. The summed E-state index contributed by atoms with van der Waals surface area (Å²) in [6.07, 6.45) is 4.84. The molecular formula is C15H18ClN3O. The van der Waals surface area contributed by atoms with E-state index < -0.39 is 6.10 Å².